The minimum atomic E-state index is -1.80. The van der Waals surface area contributed by atoms with Crippen LogP contribution in [0.4, 0.5) is 34.8 Å². The van der Waals surface area contributed by atoms with Crippen molar-refractivity contribution in [1.82, 2.24) is 20.1 Å². The number of rotatable bonds is 47. The molecule has 0 saturated carbocycles. The average molecular weight is 1250 g/mol. The van der Waals surface area contributed by atoms with E-state index in [4.69, 9.17) is 53.1 Å². The summed E-state index contributed by atoms with van der Waals surface area (Å²) in [5.74, 6) is -8.52. The molecule has 2 amide bonds. The van der Waals surface area contributed by atoms with E-state index >= 15 is 0 Å². The number of esters is 1. The van der Waals surface area contributed by atoms with E-state index in [2.05, 4.69) is 66.5 Å². The second kappa shape index (κ2) is 42.7. The molecule has 1 fully saturated rings. The van der Waals surface area contributed by atoms with Crippen molar-refractivity contribution in [3.05, 3.63) is 94.8 Å². The summed E-state index contributed by atoms with van der Waals surface area (Å²) in [7, 11) is 2.00. The smallest absolute Gasteiger partial charge is 0.313 e. The van der Waals surface area contributed by atoms with Crippen LogP contribution >= 0.6 is 0 Å². The Morgan fingerprint density at radius 1 is 0.659 bits per heavy atom. The maximum Gasteiger partial charge on any atom is 0.313 e. The van der Waals surface area contributed by atoms with Crippen LogP contribution in [0.25, 0.3) is 6.08 Å². The van der Waals surface area contributed by atoms with Crippen LogP contribution in [0.5, 0.6) is 5.75 Å². The Hall–Kier alpha value is -6.17. The molecule has 1 saturated heterocycles. The molecule has 26 heteroatoms. The van der Waals surface area contributed by atoms with Crippen LogP contribution in [0, 0.1) is 29.2 Å². The van der Waals surface area contributed by atoms with Gasteiger partial charge in [-0.15, -0.1) is 0 Å². The summed E-state index contributed by atoms with van der Waals surface area (Å²) in [6.45, 7) is 21.2. The van der Waals surface area contributed by atoms with Crippen molar-refractivity contribution in [3.8, 4) is 5.75 Å². The number of nitrogens with zero attached hydrogens (tertiary/aromatic N) is 5. The minimum absolute atomic E-state index is 0.0167. The third kappa shape index (κ3) is 27.7. The molecule has 1 aromatic heterocycles. The summed E-state index contributed by atoms with van der Waals surface area (Å²) >= 11 is 0. The zero-order valence-corrected chi connectivity index (χ0v) is 51.3. The van der Waals surface area contributed by atoms with Gasteiger partial charge in [0.1, 0.15) is 11.7 Å². The third-order valence-electron chi connectivity index (χ3n) is 13.7. The Bertz CT molecular complexity index is 2590. The molecule has 2 aliphatic heterocycles. The number of carbonyl (C=O) groups excluding carboxylic acids is 3. The topological polar surface area (TPSA) is 238 Å². The van der Waals surface area contributed by atoms with Crippen molar-refractivity contribution >= 4 is 46.9 Å². The number of pyridine rings is 1. The van der Waals surface area contributed by atoms with E-state index in [1.807, 2.05) is 25.2 Å². The molecule has 4 N–H and O–H groups in total. The largest absolute Gasteiger partial charge is 0.420 e. The number of nitrogens with one attached hydrogen (secondary N) is 2. The Morgan fingerprint density at radius 2 is 1.16 bits per heavy atom. The van der Waals surface area contributed by atoms with Crippen molar-refractivity contribution in [2.75, 3.05) is 195 Å². The van der Waals surface area contributed by atoms with E-state index in [9.17, 15) is 31.9 Å². The second-order valence-electron chi connectivity index (χ2n) is 20.5. The summed E-state index contributed by atoms with van der Waals surface area (Å²) in [6.07, 6.45) is 7.29. The molecule has 490 valence electrons. The van der Waals surface area contributed by atoms with Crippen LogP contribution in [0.3, 0.4) is 0 Å². The van der Waals surface area contributed by atoms with Gasteiger partial charge in [0.05, 0.1) is 156 Å². The first-order valence-electron chi connectivity index (χ1n) is 30.2. The molecule has 22 nitrogen and oxygen atoms in total. The van der Waals surface area contributed by atoms with Crippen molar-refractivity contribution in [2.45, 2.75) is 52.4 Å². The van der Waals surface area contributed by atoms with Gasteiger partial charge < -0.3 is 83.2 Å². The number of hydrogen-bond acceptors (Lipinski definition) is 20. The Morgan fingerprint density at radius 3 is 1.65 bits per heavy atom. The van der Waals surface area contributed by atoms with Gasteiger partial charge >= 0.3 is 5.97 Å². The van der Waals surface area contributed by atoms with Crippen molar-refractivity contribution in [2.24, 2.45) is 16.6 Å². The zero-order chi connectivity index (χ0) is 63.1. The third-order valence-corrected chi connectivity index (χ3v) is 13.7. The van der Waals surface area contributed by atoms with Gasteiger partial charge in [0.2, 0.25) is 23.3 Å². The number of aliphatic imine (C=N–C) groups is 1. The summed E-state index contributed by atoms with van der Waals surface area (Å²) in [6, 6.07) is 9.21. The Kier molecular flexibility index (Phi) is 35.2. The normalized spacial score (nSPS) is 13.5. The molecule has 0 radical (unpaired) electrons. The Labute approximate surface area is 514 Å². The number of hydrogen-bond donors (Lipinski definition) is 3. The van der Waals surface area contributed by atoms with Crippen molar-refractivity contribution in [1.29, 1.82) is 0 Å². The first kappa shape index (κ1) is 72.6. The highest BCUT2D eigenvalue weighted by Crippen LogP contribution is 2.32. The predicted octanol–water partition coefficient (Wildman–Crippen LogP) is 6.73. The fourth-order valence-electron chi connectivity index (χ4n) is 8.95. The number of halogens is 4. The van der Waals surface area contributed by atoms with E-state index in [1.165, 1.54) is 0 Å². The van der Waals surface area contributed by atoms with Gasteiger partial charge in [-0.1, -0.05) is 26.5 Å². The molecular weight excluding hydrogens is 1160 g/mol. The molecule has 2 aromatic carbocycles. The summed E-state index contributed by atoms with van der Waals surface area (Å²) < 4.78 is 113. The van der Waals surface area contributed by atoms with E-state index in [1.54, 1.807) is 18.3 Å². The molecule has 0 aliphatic carbocycles. The van der Waals surface area contributed by atoms with Crippen LogP contribution in [-0.2, 0) is 57.0 Å². The quantitative estimate of drug-likeness (QED) is 0.0175. The maximum atomic E-state index is 13.6. The number of carbonyl (C=O) groups is 3. The second-order valence-corrected chi connectivity index (χ2v) is 20.5. The average Bonchev–Trinajstić information content (AvgIpc) is 3.25. The predicted molar refractivity (Wildman–Crippen MR) is 324 cm³/mol. The zero-order valence-electron chi connectivity index (χ0n) is 51.3. The Balaban J connectivity index is 0.740. The number of likely N-dealkylation sites (N-methyl/N-ethyl adjacent to an activating group) is 1. The number of amidine groups is 1. The number of allylic oxidation sites excluding steroid dienone is 1. The molecular formula is C62H90F4N8O14. The molecule has 0 bridgehead atoms. The number of aromatic nitrogens is 1. The van der Waals surface area contributed by atoms with Crippen LogP contribution in [0.15, 0.2) is 65.4 Å². The molecule has 0 atom stereocenters. The van der Waals surface area contributed by atoms with E-state index in [0.717, 1.165) is 68.0 Å². The number of amides is 2. The van der Waals surface area contributed by atoms with Crippen LogP contribution in [-0.4, -0.2) is 223 Å². The molecule has 3 heterocycles. The highest BCUT2D eigenvalue weighted by molar-refractivity contribution is 6.05. The summed E-state index contributed by atoms with van der Waals surface area (Å²) in [5, 5.41) is 6.06. The van der Waals surface area contributed by atoms with Gasteiger partial charge in [-0.2, -0.15) is 8.78 Å². The molecule has 0 spiro atoms. The fraction of sp³-hybridized carbons (Fsp3) is 0.597. The lowest BCUT2D eigenvalue weighted by Gasteiger charge is -2.32. The number of anilines is 2. The van der Waals surface area contributed by atoms with Gasteiger partial charge in [0, 0.05) is 81.0 Å². The highest BCUT2D eigenvalue weighted by Gasteiger charge is 2.27. The monoisotopic (exact) mass is 1250 g/mol. The van der Waals surface area contributed by atoms with Crippen molar-refractivity contribution < 1.29 is 84.1 Å². The number of piperidine rings is 1. The van der Waals surface area contributed by atoms with Gasteiger partial charge in [-0.3, -0.25) is 14.4 Å². The summed E-state index contributed by atoms with van der Waals surface area (Å²) in [4.78, 5) is 54.0. The highest BCUT2D eigenvalue weighted by atomic mass is 19.2. The lowest BCUT2D eigenvalue weighted by Crippen LogP contribution is -2.42. The SMILES string of the molecule is C=C(C1=Cc2ccc(C(=O)Nc3ccc(N4CCC(C(=O)NCCN(C)CCOCCOCCOCCOCCOCCOCCOCCOCCOCCOCCC(=O)Oc5c(F)c(F)cc(F)c5F)CC4)nc3)cc2N=C(N)C1)N(CCC)CCC. The van der Waals surface area contributed by atoms with E-state index in [-0.39, 0.29) is 50.2 Å². The van der Waals surface area contributed by atoms with Crippen LogP contribution in [0.2, 0.25) is 0 Å². The molecule has 2 aliphatic rings. The lowest BCUT2D eigenvalue weighted by molar-refractivity contribution is -0.136. The molecule has 5 rings (SSSR count). The van der Waals surface area contributed by atoms with Gasteiger partial charge in [-0.25, -0.2) is 18.8 Å². The molecule has 0 unspecified atom stereocenters. The number of benzene rings is 2. The lowest BCUT2D eigenvalue weighted by atomic mass is 9.96. The van der Waals surface area contributed by atoms with Crippen molar-refractivity contribution in [3.63, 3.8) is 0 Å². The number of nitrogens with two attached hydrogens (primary N) is 1. The van der Waals surface area contributed by atoms with Crippen LogP contribution in [0.1, 0.15) is 68.3 Å². The first-order chi connectivity index (χ1) is 42.8. The van der Waals surface area contributed by atoms with Gasteiger partial charge in [0.25, 0.3) is 5.91 Å². The summed E-state index contributed by atoms with van der Waals surface area (Å²) in [5.41, 5.74) is 10.9. The van der Waals surface area contributed by atoms with Gasteiger partial charge in [-0.05, 0) is 68.6 Å². The number of fused-ring (bicyclic) bond motifs is 1. The fourth-order valence-corrected chi connectivity index (χ4v) is 8.95. The maximum absolute atomic E-state index is 13.6. The molecule has 88 heavy (non-hydrogen) atoms. The first-order valence-corrected chi connectivity index (χ1v) is 30.2. The van der Waals surface area contributed by atoms with Crippen LogP contribution < -0.4 is 26.0 Å². The number of ether oxygens (including phenoxy) is 11. The van der Waals surface area contributed by atoms with Gasteiger partial charge in [0.15, 0.2) is 11.6 Å². The van der Waals surface area contributed by atoms with E-state index < -0.39 is 41.4 Å². The standard InChI is InChI=1S/C62H90F4N8O14/c1-5-15-73(16-6-2)46(3)50-41-48-7-8-49(42-54(48)71-55(67)43-50)62(77)70-51-9-10-56(69-45-51)74-17-11-47(12-18-74)61(76)68-14-19-72(4)20-22-79-24-26-81-28-30-83-32-34-85-36-38-87-40-39-86-37-35-84-33-31-82-29-27-80-25-23-78-21-13-57(75)88-60-58(65)52(63)44-53(64)59(60)66/h7-10,41-42,44-45,47H,3,5-6,11-40,43H2,1-2,4H3,(H2,67,71)(H,68,76)(H,70,77). The minimum Gasteiger partial charge on any atom is -0.420 e. The van der Waals surface area contributed by atoms with E-state index in [0.29, 0.717) is 161 Å². The molecule has 3 aromatic rings.